The molecule has 2 unspecified atom stereocenters. The van der Waals surface area contributed by atoms with E-state index in [0.717, 1.165) is 13.0 Å². The lowest BCUT2D eigenvalue weighted by atomic mass is 10.3. The number of carbonyl (C=O) groups excluding carboxylic acids is 1. The molecule has 150 valence electrons. The number of para-hydroxylation sites is 2. The second kappa shape index (κ2) is 9.52. The molecule has 0 bridgehead atoms. The zero-order chi connectivity index (χ0) is 19.9. The van der Waals surface area contributed by atoms with Crippen LogP contribution in [0.1, 0.15) is 13.3 Å². The van der Waals surface area contributed by atoms with E-state index in [9.17, 15) is 14.3 Å². The van der Waals surface area contributed by atoms with Crippen LogP contribution in [-0.4, -0.2) is 54.4 Å². The van der Waals surface area contributed by atoms with Crippen LogP contribution in [0.5, 0.6) is 11.5 Å². The fourth-order valence-corrected chi connectivity index (χ4v) is 3.19. The van der Waals surface area contributed by atoms with Crippen molar-refractivity contribution in [3.05, 3.63) is 54.3 Å². The van der Waals surface area contributed by atoms with E-state index >= 15 is 0 Å². The van der Waals surface area contributed by atoms with Crippen LogP contribution in [0.4, 0.5) is 10.1 Å². The second-order valence-electron chi connectivity index (χ2n) is 6.88. The average Bonchev–Trinajstić information content (AvgIpc) is 3.09. The molecule has 0 spiro atoms. The lowest BCUT2D eigenvalue weighted by Crippen LogP contribution is -2.35. The van der Waals surface area contributed by atoms with Crippen molar-refractivity contribution in [2.75, 3.05) is 31.6 Å². The molecular formula is C21H25FN2O4. The highest BCUT2D eigenvalue weighted by Crippen LogP contribution is 2.24. The molecule has 2 atom stereocenters. The van der Waals surface area contributed by atoms with Gasteiger partial charge in [-0.25, -0.2) is 4.39 Å². The van der Waals surface area contributed by atoms with Crippen molar-refractivity contribution in [2.24, 2.45) is 0 Å². The van der Waals surface area contributed by atoms with E-state index in [2.05, 4.69) is 10.2 Å². The molecule has 0 saturated carbocycles. The Morgan fingerprint density at radius 2 is 2.04 bits per heavy atom. The van der Waals surface area contributed by atoms with Crippen molar-refractivity contribution < 1.29 is 23.8 Å². The minimum atomic E-state index is -0.671. The summed E-state index contributed by atoms with van der Waals surface area (Å²) in [7, 11) is 0. The fourth-order valence-electron chi connectivity index (χ4n) is 3.19. The van der Waals surface area contributed by atoms with Gasteiger partial charge in [-0.05, 0) is 42.8 Å². The van der Waals surface area contributed by atoms with Crippen LogP contribution in [0.25, 0.3) is 0 Å². The molecule has 2 aromatic carbocycles. The largest absolute Gasteiger partial charge is 0.489 e. The number of carbonyl (C=O) groups is 1. The van der Waals surface area contributed by atoms with Gasteiger partial charge in [0.2, 0.25) is 5.91 Å². The molecule has 1 saturated heterocycles. The molecule has 2 N–H and O–H groups in total. The van der Waals surface area contributed by atoms with Crippen LogP contribution < -0.4 is 14.8 Å². The van der Waals surface area contributed by atoms with E-state index in [4.69, 9.17) is 9.47 Å². The van der Waals surface area contributed by atoms with Gasteiger partial charge in [0.1, 0.15) is 36.1 Å². The molecule has 1 amide bonds. The third kappa shape index (κ3) is 5.94. The van der Waals surface area contributed by atoms with Crippen molar-refractivity contribution in [2.45, 2.75) is 25.6 Å². The summed E-state index contributed by atoms with van der Waals surface area (Å²) in [5.41, 5.74) is 0.580. The number of ether oxygens (including phenoxy) is 2. The zero-order valence-electron chi connectivity index (χ0n) is 15.8. The summed E-state index contributed by atoms with van der Waals surface area (Å²) in [6.45, 7) is 3.52. The van der Waals surface area contributed by atoms with Crippen LogP contribution in [0, 0.1) is 5.82 Å². The Morgan fingerprint density at radius 3 is 2.79 bits per heavy atom. The Hall–Kier alpha value is -2.64. The van der Waals surface area contributed by atoms with E-state index in [1.807, 2.05) is 6.07 Å². The first kappa shape index (κ1) is 20.1. The Kier molecular flexibility index (Phi) is 6.84. The summed E-state index contributed by atoms with van der Waals surface area (Å²) in [6.07, 6.45) is 0.185. The van der Waals surface area contributed by atoms with Crippen LogP contribution in [0.3, 0.4) is 0 Å². The molecule has 3 rings (SSSR count). The summed E-state index contributed by atoms with van der Waals surface area (Å²) in [6, 6.07) is 13.1. The Bertz CT molecular complexity index is 784. The quantitative estimate of drug-likeness (QED) is 0.728. The van der Waals surface area contributed by atoms with Gasteiger partial charge in [0.15, 0.2) is 0 Å². The Labute approximate surface area is 163 Å². The highest BCUT2D eigenvalue weighted by molar-refractivity contribution is 5.90. The minimum absolute atomic E-state index is 0.0130. The predicted octanol–water partition coefficient (Wildman–Crippen LogP) is 2.68. The van der Waals surface area contributed by atoms with Crippen LogP contribution >= 0.6 is 0 Å². The lowest BCUT2D eigenvalue weighted by molar-refractivity contribution is -0.114. The van der Waals surface area contributed by atoms with Gasteiger partial charge in [0.25, 0.3) is 0 Å². The number of rotatable bonds is 8. The van der Waals surface area contributed by atoms with E-state index in [-0.39, 0.29) is 24.4 Å². The normalized spacial score (nSPS) is 17.9. The molecule has 0 aliphatic carbocycles. The van der Waals surface area contributed by atoms with Crippen LogP contribution in [-0.2, 0) is 4.79 Å². The first-order valence-corrected chi connectivity index (χ1v) is 9.31. The maximum atomic E-state index is 13.0. The number of amides is 1. The number of hydrogen-bond donors (Lipinski definition) is 2. The highest BCUT2D eigenvalue weighted by Gasteiger charge is 2.25. The number of β-amino-alcohol motifs (C(OH)–C–C–N with tert-alkyl or cyclic N) is 1. The number of benzene rings is 2. The summed E-state index contributed by atoms with van der Waals surface area (Å²) in [5, 5.41) is 13.0. The van der Waals surface area contributed by atoms with Gasteiger partial charge in [-0.15, -0.1) is 0 Å². The Morgan fingerprint density at radius 1 is 1.29 bits per heavy atom. The summed E-state index contributed by atoms with van der Waals surface area (Å²) in [5.74, 6) is 0.701. The van der Waals surface area contributed by atoms with Gasteiger partial charge in [0, 0.05) is 26.6 Å². The number of anilines is 1. The number of likely N-dealkylation sites (tertiary alicyclic amines) is 1. The standard InChI is InChI=1S/C21H25FN2O4/c1-15(25)23-20-4-2-3-5-21(20)27-14-17(26)12-24-11-10-19(13-24)28-18-8-6-16(22)7-9-18/h2-9,17,19,26H,10-14H2,1H3,(H,23,25). The van der Waals surface area contributed by atoms with Gasteiger partial charge < -0.3 is 19.9 Å². The van der Waals surface area contributed by atoms with Crippen molar-refractivity contribution in [1.82, 2.24) is 4.90 Å². The molecule has 1 aliphatic heterocycles. The molecular weight excluding hydrogens is 363 g/mol. The molecule has 6 nitrogen and oxygen atoms in total. The topological polar surface area (TPSA) is 71.0 Å². The fraction of sp³-hybridized carbons (Fsp3) is 0.381. The molecule has 1 fully saturated rings. The number of nitrogens with zero attached hydrogens (tertiary/aromatic N) is 1. The molecule has 0 aromatic heterocycles. The third-order valence-electron chi connectivity index (χ3n) is 4.44. The smallest absolute Gasteiger partial charge is 0.221 e. The van der Waals surface area contributed by atoms with E-state index in [1.54, 1.807) is 30.3 Å². The Balaban J connectivity index is 1.44. The third-order valence-corrected chi connectivity index (χ3v) is 4.44. The zero-order valence-corrected chi connectivity index (χ0v) is 15.8. The van der Waals surface area contributed by atoms with Gasteiger partial charge in [-0.3, -0.25) is 9.69 Å². The molecule has 28 heavy (non-hydrogen) atoms. The lowest BCUT2D eigenvalue weighted by Gasteiger charge is -2.21. The van der Waals surface area contributed by atoms with Crippen LogP contribution in [0.2, 0.25) is 0 Å². The van der Waals surface area contributed by atoms with Gasteiger partial charge in [-0.1, -0.05) is 12.1 Å². The number of aliphatic hydroxyl groups excluding tert-OH is 1. The van der Waals surface area contributed by atoms with Crippen molar-refractivity contribution in [3.8, 4) is 11.5 Å². The summed E-state index contributed by atoms with van der Waals surface area (Å²) >= 11 is 0. The van der Waals surface area contributed by atoms with Gasteiger partial charge in [0.05, 0.1) is 5.69 Å². The monoisotopic (exact) mass is 388 g/mol. The van der Waals surface area contributed by atoms with E-state index < -0.39 is 6.10 Å². The number of hydrogen-bond acceptors (Lipinski definition) is 5. The minimum Gasteiger partial charge on any atom is -0.489 e. The van der Waals surface area contributed by atoms with Crippen LogP contribution in [0.15, 0.2) is 48.5 Å². The molecule has 1 heterocycles. The van der Waals surface area contributed by atoms with E-state index in [1.165, 1.54) is 19.1 Å². The first-order chi connectivity index (χ1) is 13.5. The maximum absolute atomic E-state index is 13.0. The SMILES string of the molecule is CC(=O)Nc1ccccc1OCC(O)CN1CCC(Oc2ccc(F)cc2)C1. The maximum Gasteiger partial charge on any atom is 0.221 e. The van der Waals surface area contributed by atoms with E-state index in [0.29, 0.717) is 30.3 Å². The average molecular weight is 388 g/mol. The molecule has 7 heteroatoms. The number of aliphatic hydroxyl groups is 1. The second-order valence-corrected chi connectivity index (χ2v) is 6.88. The van der Waals surface area contributed by atoms with Crippen molar-refractivity contribution in [3.63, 3.8) is 0 Å². The van der Waals surface area contributed by atoms with Gasteiger partial charge >= 0.3 is 0 Å². The molecule has 1 aliphatic rings. The molecule has 0 radical (unpaired) electrons. The number of nitrogens with one attached hydrogen (secondary N) is 1. The first-order valence-electron chi connectivity index (χ1n) is 9.31. The van der Waals surface area contributed by atoms with Crippen molar-refractivity contribution in [1.29, 1.82) is 0 Å². The van der Waals surface area contributed by atoms with Crippen molar-refractivity contribution >= 4 is 11.6 Å². The molecule has 2 aromatic rings. The summed E-state index contributed by atoms with van der Waals surface area (Å²) in [4.78, 5) is 13.4. The highest BCUT2D eigenvalue weighted by atomic mass is 19.1. The van der Waals surface area contributed by atoms with Gasteiger partial charge in [-0.2, -0.15) is 0 Å². The predicted molar refractivity (Wildman–Crippen MR) is 104 cm³/mol. The number of halogens is 1. The summed E-state index contributed by atoms with van der Waals surface area (Å²) < 4.78 is 24.5.